The third-order valence-corrected chi connectivity index (χ3v) is 3.15. The second kappa shape index (κ2) is 3.15. The molecule has 14 heavy (non-hydrogen) atoms. The highest BCUT2D eigenvalue weighted by Crippen LogP contribution is 2.36. The van der Waals surface area contributed by atoms with Crippen molar-refractivity contribution in [2.75, 3.05) is 17.7 Å². The summed E-state index contributed by atoms with van der Waals surface area (Å²) < 4.78 is 0. The van der Waals surface area contributed by atoms with Gasteiger partial charge >= 0.3 is 0 Å². The van der Waals surface area contributed by atoms with E-state index in [4.69, 9.17) is 5.73 Å². The van der Waals surface area contributed by atoms with Crippen molar-refractivity contribution < 1.29 is 0 Å². The molecule has 2 N–H and O–H groups in total. The lowest BCUT2D eigenvalue weighted by molar-refractivity contribution is 0.527. The second-order valence-corrected chi connectivity index (χ2v) is 4.25. The van der Waals surface area contributed by atoms with E-state index in [9.17, 15) is 0 Å². The highest BCUT2D eigenvalue weighted by Gasteiger charge is 2.26. The van der Waals surface area contributed by atoms with Gasteiger partial charge in [-0.3, -0.25) is 0 Å². The molecule has 0 aliphatic carbocycles. The van der Waals surface area contributed by atoms with Gasteiger partial charge in [0.25, 0.3) is 0 Å². The first kappa shape index (κ1) is 9.31. The van der Waals surface area contributed by atoms with E-state index in [0.717, 1.165) is 5.82 Å². The monoisotopic (exact) mass is 191 g/mol. The van der Waals surface area contributed by atoms with E-state index in [-0.39, 0.29) is 0 Å². The minimum absolute atomic E-state index is 0.548. The molecule has 0 saturated heterocycles. The third-order valence-electron chi connectivity index (χ3n) is 3.15. The van der Waals surface area contributed by atoms with Crippen molar-refractivity contribution in [2.24, 2.45) is 0 Å². The van der Waals surface area contributed by atoms with Crippen molar-refractivity contribution in [3.05, 3.63) is 17.7 Å². The van der Waals surface area contributed by atoms with Crippen LogP contribution in [0.4, 0.5) is 11.6 Å². The van der Waals surface area contributed by atoms with Gasteiger partial charge < -0.3 is 10.6 Å². The van der Waals surface area contributed by atoms with E-state index in [2.05, 4.69) is 36.8 Å². The maximum absolute atomic E-state index is 5.70. The first-order chi connectivity index (χ1) is 6.59. The fraction of sp³-hybridized carbons (Fsp3) is 0.545. The predicted molar refractivity (Wildman–Crippen MR) is 59.5 cm³/mol. The zero-order valence-electron chi connectivity index (χ0n) is 8.99. The van der Waals surface area contributed by atoms with Gasteiger partial charge in [-0.05, 0) is 30.9 Å². The normalized spacial score (nSPS) is 26.1. The summed E-state index contributed by atoms with van der Waals surface area (Å²) in [4.78, 5) is 6.61. The number of aromatic nitrogens is 1. The van der Waals surface area contributed by atoms with Gasteiger partial charge in [0.1, 0.15) is 11.6 Å². The highest BCUT2D eigenvalue weighted by molar-refractivity contribution is 5.55. The molecule has 0 amide bonds. The molecule has 1 aromatic heterocycles. The number of nitrogens with zero attached hydrogens (tertiary/aromatic N) is 2. The molecule has 0 saturated carbocycles. The Morgan fingerprint density at radius 1 is 1.43 bits per heavy atom. The summed E-state index contributed by atoms with van der Waals surface area (Å²) in [6, 6.07) is 4.54. The Morgan fingerprint density at radius 3 is 2.86 bits per heavy atom. The summed E-state index contributed by atoms with van der Waals surface area (Å²) in [5.74, 6) is 2.25. The number of rotatable bonds is 0. The number of hydrogen-bond acceptors (Lipinski definition) is 3. The van der Waals surface area contributed by atoms with E-state index in [1.165, 1.54) is 12.0 Å². The minimum Gasteiger partial charge on any atom is -0.384 e. The molecule has 0 bridgehead atoms. The van der Waals surface area contributed by atoms with Crippen molar-refractivity contribution in [3.8, 4) is 0 Å². The standard InChI is InChI=1S/C11H17N3/c1-7-6-8(2)14(3)11-9(7)4-5-10(12)13-11/h4-5,7-8H,6H2,1-3H3,(H2,12,13). The molecule has 0 aromatic carbocycles. The van der Waals surface area contributed by atoms with Crippen LogP contribution in [-0.2, 0) is 0 Å². The van der Waals surface area contributed by atoms with Crippen LogP contribution in [0.1, 0.15) is 31.7 Å². The first-order valence-corrected chi connectivity index (χ1v) is 5.09. The summed E-state index contributed by atoms with van der Waals surface area (Å²) in [6.45, 7) is 4.48. The molecule has 2 heterocycles. The Labute approximate surface area is 84.9 Å². The molecule has 0 fully saturated rings. The molecular formula is C11H17N3. The van der Waals surface area contributed by atoms with E-state index in [1.807, 2.05) is 6.07 Å². The molecule has 2 atom stereocenters. The van der Waals surface area contributed by atoms with E-state index < -0.39 is 0 Å². The lowest BCUT2D eigenvalue weighted by Gasteiger charge is -2.36. The van der Waals surface area contributed by atoms with Gasteiger partial charge in [0.2, 0.25) is 0 Å². The number of fused-ring (bicyclic) bond motifs is 1. The summed E-state index contributed by atoms with van der Waals surface area (Å²) in [5.41, 5.74) is 7.02. The molecular weight excluding hydrogens is 174 g/mol. The number of nitrogens with two attached hydrogens (primary N) is 1. The topological polar surface area (TPSA) is 42.2 Å². The third kappa shape index (κ3) is 1.33. The Morgan fingerprint density at radius 2 is 2.14 bits per heavy atom. The maximum atomic E-state index is 5.70. The molecule has 1 aliphatic heterocycles. The highest BCUT2D eigenvalue weighted by atomic mass is 15.2. The zero-order valence-corrected chi connectivity index (χ0v) is 8.99. The lowest BCUT2D eigenvalue weighted by Crippen LogP contribution is -2.35. The van der Waals surface area contributed by atoms with Crippen LogP contribution in [-0.4, -0.2) is 18.1 Å². The van der Waals surface area contributed by atoms with E-state index in [0.29, 0.717) is 17.8 Å². The fourth-order valence-electron chi connectivity index (χ4n) is 2.15. The van der Waals surface area contributed by atoms with Crippen molar-refractivity contribution in [1.82, 2.24) is 4.98 Å². The van der Waals surface area contributed by atoms with Crippen LogP contribution in [0.3, 0.4) is 0 Å². The molecule has 76 valence electrons. The van der Waals surface area contributed by atoms with Crippen LogP contribution >= 0.6 is 0 Å². The van der Waals surface area contributed by atoms with Crippen molar-refractivity contribution >= 4 is 11.6 Å². The number of anilines is 2. The van der Waals surface area contributed by atoms with E-state index >= 15 is 0 Å². The molecule has 2 rings (SSSR count). The largest absolute Gasteiger partial charge is 0.384 e. The second-order valence-electron chi connectivity index (χ2n) is 4.25. The quantitative estimate of drug-likeness (QED) is 0.682. The smallest absolute Gasteiger partial charge is 0.134 e. The van der Waals surface area contributed by atoms with Gasteiger partial charge in [0.15, 0.2) is 0 Å². The van der Waals surface area contributed by atoms with Crippen LogP contribution in [0.25, 0.3) is 0 Å². The lowest BCUT2D eigenvalue weighted by atomic mass is 9.90. The Hall–Kier alpha value is -1.25. The van der Waals surface area contributed by atoms with Crippen molar-refractivity contribution in [1.29, 1.82) is 0 Å². The molecule has 1 aromatic rings. The molecule has 0 spiro atoms. The van der Waals surface area contributed by atoms with Crippen LogP contribution in [0.5, 0.6) is 0 Å². The summed E-state index contributed by atoms with van der Waals surface area (Å²) >= 11 is 0. The van der Waals surface area contributed by atoms with Crippen LogP contribution in [0.2, 0.25) is 0 Å². The fourth-order valence-corrected chi connectivity index (χ4v) is 2.15. The maximum Gasteiger partial charge on any atom is 0.134 e. The van der Waals surface area contributed by atoms with Crippen molar-refractivity contribution in [2.45, 2.75) is 32.2 Å². The SMILES string of the molecule is CC1CC(C)N(C)c2nc(N)ccc21. The summed E-state index contributed by atoms with van der Waals surface area (Å²) in [5, 5.41) is 0. The van der Waals surface area contributed by atoms with Crippen molar-refractivity contribution in [3.63, 3.8) is 0 Å². The molecule has 3 nitrogen and oxygen atoms in total. The average molecular weight is 191 g/mol. The van der Waals surface area contributed by atoms with Gasteiger partial charge in [-0.2, -0.15) is 0 Å². The molecule has 3 heteroatoms. The van der Waals surface area contributed by atoms with Crippen LogP contribution in [0, 0.1) is 0 Å². The molecule has 0 radical (unpaired) electrons. The van der Waals surface area contributed by atoms with Crippen LogP contribution in [0.15, 0.2) is 12.1 Å². The number of pyridine rings is 1. The molecule has 2 unspecified atom stereocenters. The number of nitrogen functional groups attached to an aromatic ring is 1. The van der Waals surface area contributed by atoms with Gasteiger partial charge in [0, 0.05) is 13.1 Å². The van der Waals surface area contributed by atoms with E-state index in [1.54, 1.807) is 0 Å². The van der Waals surface area contributed by atoms with Gasteiger partial charge in [-0.25, -0.2) is 4.98 Å². The summed E-state index contributed by atoms with van der Waals surface area (Å²) in [6.07, 6.45) is 1.19. The van der Waals surface area contributed by atoms with Gasteiger partial charge in [0.05, 0.1) is 0 Å². The zero-order chi connectivity index (χ0) is 10.3. The Kier molecular flexibility index (Phi) is 2.10. The summed E-state index contributed by atoms with van der Waals surface area (Å²) in [7, 11) is 2.09. The Balaban J connectivity index is 2.51. The predicted octanol–water partition coefficient (Wildman–Crippen LogP) is 2.00. The molecule has 1 aliphatic rings. The Bertz CT molecular complexity index is 348. The van der Waals surface area contributed by atoms with Crippen LogP contribution < -0.4 is 10.6 Å². The van der Waals surface area contributed by atoms with Gasteiger partial charge in [-0.1, -0.05) is 13.0 Å². The minimum atomic E-state index is 0.548. The first-order valence-electron chi connectivity index (χ1n) is 5.09. The number of hydrogen-bond donors (Lipinski definition) is 1. The average Bonchev–Trinajstić information content (AvgIpc) is 2.14. The van der Waals surface area contributed by atoms with Gasteiger partial charge in [-0.15, -0.1) is 0 Å².